The van der Waals surface area contributed by atoms with Gasteiger partial charge in [0.15, 0.2) is 0 Å². The van der Waals surface area contributed by atoms with Gasteiger partial charge in [-0.15, -0.1) is 22.7 Å². The third-order valence-corrected chi connectivity index (χ3v) is 6.96. The molecule has 3 heterocycles. The standard InChI is InChI=1S/C24H25N5OS2/c1-5-8-18-13-17(11-12-25-18)23-26-15(2)22(32-23)16(3)28-29-24-27-20(14-31-24)19-9-6-7-10-21(19)30-4/h6-7,9-14H,5,8H2,1-4H3,(H,27,29)/b28-16-. The highest BCUT2D eigenvalue weighted by Crippen LogP contribution is 2.32. The topological polar surface area (TPSA) is 72.3 Å². The van der Waals surface area contributed by atoms with Crippen LogP contribution in [-0.2, 0) is 6.42 Å². The van der Waals surface area contributed by atoms with Crippen LogP contribution in [0.15, 0.2) is 53.1 Å². The highest BCUT2D eigenvalue weighted by Gasteiger charge is 2.13. The second-order valence-electron chi connectivity index (χ2n) is 7.27. The van der Waals surface area contributed by atoms with Crippen molar-refractivity contribution in [1.29, 1.82) is 0 Å². The Labute approximate surface area is 196 Å². The van der Waals surface area contributed by atoms with Gasteiger partial charge in [0, 0.05) is 28.4 Å². The number of pyridine rings is 1. The molecule has 6 nitrogen and oxygen atoms in total. The molecule has 0 fully saturated rings. The summed E-state index contributed by atoms with van der Waals surface area (Å²) in [5.74, 6) is 0.801. The second-order valence-corrected chi connectivity index (χ2v) is 9.12. The molecule has 3 aromatic heterocycles. The fourth-order valence-corrected chi connectivity index (χ4v) is 5.01. The van der Waals surface area contributed by atoms with Crippen molar-refractivity contribution in [2.24, 2.45) is 5.10 Å². The van der Waals surface area contributed by atoms with Crippen LogP contribution in [0.3, 0.4) is 0 Å². The summed E-state index contributed by atoms with van der Waals surface area (Å²) in [5, 5.41) is 8.28. The van der Waals surface area contributed by atoms with Gasteiger partial charge in [0.25, 0.3) is 0 Å². The van der Waals surface area contributed by atoms with Crippen LogP contribution in [0.2, 0.25) is 0 Å². The number of para-hydroxylation sites is 1. The monoisotopic (exact) mass is 463 g/mol. The van der Waals surface area contributed by atoms with Crippen LogP contribution in [0.4, 0.5) is 5.13 Å². The molecule has 0 aliphatic heterocycles. The summed E-state index contributed by atoms with van der Waals surface area (Å²) < 4.78 is 5.45. The second kappa shape index (κ2) is 10.0. The van der Waals surface area contributed by atoms with Crippen LogP contribution < -0.4 is 10.2 Å². The summed E-state index contributed by atoms with van der Waals surface area (Å²) in [6.07, 6.45) is 3.91. The summed E-state index contributed by atoms with van der Waals surface area (Å²) >= 11 is 3.16. The lowest BCUT2D eigenvalue weighted by Crippen LogP contribution is -1.99. The highest BCUT2D eigenvalue weighted by molar-refractivity contribution is 7.17. The predicted octanol–water partition coefficient (Wildman–Crippen LogP) is 6.43. The van der Waals surface area contributed by atoms with E-state index in [2.05, 4.69) is 33.5 Å². The normalized spacial score (nSPS) is 11.6. The molecule has 0 aliphatic rings. The van der Waals surface area contributed by atoms with Gasteiger partial charge in [-0.1, -0.05) is 25.5 Å². The molecule has 0 aliphatic carbocycles. The lowest BCUT2D eigenvalue weighted by molar-refractivity contribution is 0.416. The number of hydrogen-bond acceptors (Lipinski definition) is 8. The van der Waals surface area contributed by atoms with Gasteiger partial charge < -0.3 is 4.74 Å². The molecule has 0 saturated heterocycles. The van der Waals surface area contributed by atoms with Gasteiger partial charge in [0.05, 0.1) is 29.1 Å². The van der Waals surface area contributed by atoms with Gasteiger partial charge in [0.2, 0.25) is 5.13 Å². The Morgan fingerprint density at radius 1 is 1.19 bits per heavy atom. The quantitative estimate of drug-likeness (QED) is 0.241. The number of aryl methyl sites for hydroxylation is 2. The molecule has 1 N–H and O–H groups in total. The zero-order chi connectivity index (χ0) is 22.5. The van der Waals surface area contributed by atoms with Gasteiger partial charge in [-0.3, -0.25) is 10.4 Å². The predicted molar refractivity (Wildman–Crippen MR) is 134 cm³/mol. The van der Waals surface area contributed by atoms with Crippen LogP contribution in [0.5, 0.6) is 5.75 Å². The Hall–Kier alpha value is -3.10. The number of anilines is 1. The number of nitrogens with one attached hydrogen (secondary N) is 1. The van der Waals surface area contributed by atoms with E-state index >= 15 is 0 Å². The maximum absolute atomic E-state index is 5.45. The van der Waals surface area contributed by atoms with E-state index < -0.39 is 0 Å². The lowest BCUT2D eigenvalue weighted by atomic mass is 10.1. The first-order chi connectivity index (χ1) is 15.6. The number of benzene rings is 1. The van der Waals surface area contributed by atoms with E-state index in [0.29, 0.717) is 0 Å². The molecule has 164 valence electrons. The van der Waals surface area contributed by atoms with Crippen molar-refractivity contribution in [1.82, 2.24) is 15.0 Å². The molecule has 0 unspecified atom stereocenters. The molecule has 0 spiro atoms. The number of nitrogens with zero attached hydrogens (tertiary/aromatic N) is 4. The average Bonchev–Trinajstić information content (AvgIpc) is 3.45. The SMILES string of the molecule is CCCc1cc(-c2nc(C)c(/C(C)=N\Nc3nc(-c4ccccc4OC)cs3)s2)ccn1. The summed E-state index contributed by atoms with van der Waals surface area (Å²) in [7, 11) is 1.67. The molecule has 1 aromatic carbocycles. The zero-order valence-electron chi connectivity index (χ0n) is 18.5. The fraction of sp³-hybridized carbons (Fsp3) is 0.250. The van der Waals surface area contributed by atoms with E-state index in [4.69, 9.17) is 9.72 Å². The summed E-state index contributed by atoms with van der Waals surface area (Å²) in [5.41, 5.74) is 8.96. The first-order valence-electron chi connectivity index (χ1n) is 10.4. The molecule has 0 atom stereocenters. The minimum atomic E-state index is 0.728. The van der Waals surface area contributed by atoms with Gasteiger partial charge >= 0.3 is 0 Å². The zero-order valence-corrected chi connectivity index (χ0v) is 20.2. The number of thiazole rings is 2. The Balaban J connectivity index is 1.52. The van der Waals surface area contributed by atoms with E-state index in [-0.39, 0.29) is 0 Å². The minimum Gasteiger partial charge on any atom is -0.496 e. The van der Waals surface area contributed by atoms with Crippen molar-refractivity contribution in [3.63, 3.8) is 0 Å². The number of hydrazone groups is 1. The minimum absolute atomic E-state index is 0.728. The van der Waals surface area contributed by atoms with Crippen molar-refractivity contribution in [2.45, 2.75) is 33.6 Å². The molecule has 4 aromatic rings. The molecule has 4 rings (SSSR count). The van der Waals surface area contributed by atoms with Crippen LogP contribution in [0.25, 0.3) is 21.8 Å². The number of aromatic nitrogens is 3. The molecular formula is C24H25N5OS2. The average molecular weight is 464 g/mol. The Morgan fingerprint density at radius 2 is 2.03 bits per heavy atom. The summed E-state index contributed by atoms with van der Waals surface area (Å²) in [4.78, 5) is 14.9. The van der Waals surface area contributed by atoms with Crippen LogP contribution >= 0.6 is 22.7 Å². The summed E-state index contributed by atoms with van der Waals surface area (Å²) in [6.45, 7) is 6.17. The van der Waals surface area contributed by atoms with Gasteiger partial charge in [-0.25, -0.2) is 9.97 Å². The molecule has 0 saturated carbocycles. The molecule has 8 heteroatoms. The fourth-order valence-electron chi connectivity index (χ4n) is 3.35. The van der Waals surface area contributed by atoms with Crippen molar-refractivity contribution < 1.29 is 4.74 Å². The van der Waals surface area contributed by atoms with Gasteiger partial charge in [-0.2, -0.15) is 5.10 Å². The van der Waals surface area contributed by atoms with E-state index in [1.165, 1.54) is 11.3 Å². The number of methoxy groups -OCH3 is 1. The first kappa shape index (κ1) is 22.1. The molecule has 32 heavy (non-hydrogen) atoms. The number of ether oxygens (including phenoxy) is 1. The van der Waals surface area contributed by atoms with E-state index in [1.54, 1.807) is 18.4 Å². The smallest absolute Gasteiger partial charge is 0.203 e. The van der Waals surface area contributed by atoms with Crippen LogP contribution in [-0.4, -0.2) is 27.8 Å². The van der Waals surface area contributed by atoms with Crippen molar-refractivity contribution in [3.8, 4) is 27.6 Å². The van der Waals surface area contributed by atoms with Gasteiger partial charge in [-0.05, 0) is 44.5 Å². The maximum atomic E-state index is 5.45. The maximum Gasteiger partial charge on any atom is 0.203 e. The largest absolute Gasteiger partial charge is 0.496 e. The first-order valence-corrected chi connectivity index (χ1v) is 12.1. The molecule has 0 amide bonds. The van der Waals surface area contributed by atoms with Crippen LogP contribution in [0.1, 0.15) is 36.5 Å². The van der Waals surface area contributed by atoms with Crippen molar-refractivity contribution >= 4 is 33.5 Å². The van der Waals surface area contributed by atoms with Crippen LogP contribution in [0, 0.1) is 6.92 Å². The Kier molecular flexibility index (Phi) is 6.92. The van der Waals surface area contributed by atoms with E-state index in [0.717, 1.165) is 67.5 Å². The molecular weight excluding hydrogens is 438 g/mol. The molecule has 0 radical (unpaired) electrons. The number of hydrogen-bond donors (Lipinski definition) is 1. The number of rotatable bonds is 8. The summed E-state index contributed by atoms with van der Waals surface area (Å²) in [6, 6.07) is 12.0. The van der Waals surface area contributed by atoms with E-state index in [9.17, 15) is 0 Å². The van der Waals surface area contributed by atoms with E-state index in [1.807, 2.05) is 55.8 Å². The van der Waals surface area contributed by atoms with Crippen molar-refractivity contribution in [3.05, 3.63) is 64.2 Å². The third kappa shape index (κ3) is 4.87. The van der Waals surface area contributed by atoms with Crippen molar-refractivity contribution in [2.75, 3.05) is 12.5 Å². The lowest BCUT2D eigenvalue weighted by Gasteiger charge is -2.04. The highest BCUT2D eigenvalue weighted by atomic mass is 32.1. The Bertz CT molecular complexity index is 1240. The van der Waals surface area contributed by atoms with Gasteiger partial charge in [0.1, 0.15) is 10.8 Å². The molecule has 0 bridgehead atoms. The Morgan fingerprint density at radius 3 is 2.84 bits per heavy atom. The third-order valence-electron chi connectivity index (χ3n) is 4.90.